The topological polar surface area (TPSA) is 23.5 Å². The monoisotopic (exact) mass is 277 g/mol. The Labute approximate surface area is 114 Å². The average molecular weight is 277 g/mol. The Hall–Kier alpha value is -1.44. The van der Waals surface area contributed by atoms with Gasteiger partial charge in [-0.3, -0.25) is 0 Å². The van der Waals surface area contributed by atoms with Gasteiger partial charge >= 0.3 is 0 Å². The maximum absolute atomic E-state index is 13.4. The summed E-state index contributed by atoms with van der Waals surface area (Å²) in [5.74, 6) is 0.0728. The summed E-state index contributed by atoms with van der Waals surface area (Å²) in [5.41, 5.74) is 0.964. The Kier molecular flexibility index (Phi) is 4.52. The van der Waals surface area contributed by atoms with Gasteiger partial charge in [-0.2, -0.15) is 0 Å². The van der Waals surface area contributed by atoms with Crippen LogP contribution in [-0.4, -0.2) is 24.1 Å². The Balaban J connectivity index is 2.32. The molecule has 0 saturated heterocycles. The van der Waals surface area contributed by atoms with Crippen molar-refractivity contribution in [3.05, 3.63) is 53.8 Å². The number of rotatable bonds is 4. The van der Waals surface area contributed by atoms with E-state index >= 15 is 0 Å². The number of nitrogens with zero attached hydrogens (tertiary/aromatic N) is 1. The zero-order chi connectivity index (χ0) is 13.8. The summed E-state index contributed by atoms with van der Waals surface area (Å²) >= 11 is 0. The number of benzene rings is 2. The lowest BCUT2D eigenvalue weighted by Gasteiger charge is -2.15. The number of halogens is 1. The summed E-state index contributed by atoms with van der Waals surface area (Å²) in [7, 11) is 4.24. The summed E-state index contributed by atoms with van der Waals surface area (Å²) < 4.78 is 13.4. The molecule has 0 spiro atoms. The van der Waals surface area contributed by atoms with Gasteiger partial charge in [0.2, 0.25) is 0 Å². The van der Waals surface area contributed by atoms with Crippen LogP contribution < -0.4 is 10.6 Å². The first-order valence-electron chi connectivity index (χ1n) is 6.04. The summed E-state index contributed by atoms with van der Waals surface area (Å²) in [6.45, 7) is 0.688. The van der Waals surface area contributed by atoms with Crippen LogP contribution in [0.2, 0.25) is 0 Å². The first-order valence-corrected chi connectivity index (χ1v) is 7.04. The predicted molar refractivity (Wildman–Crippen MR) is 79.5 cm³/mol. The molecule has 100 valence electrons. The third-order valence-corrected chi connectivity index (χ3v) is 4.18. The second kappa shape index (κ2) is 6.14. The molecule has 0 heterocycles. The van der Waals surface area contributed by atoms with Crippen LogP contribution in [0.3, 0.4) is 0 Å². The normalized spacial score (nSPS) is 11.6. The van der Waals surface area contributed by atoms with Gasteiger partial charge < -0.3 is 10.0 Å². The van der Waals surface area contributed by atoms with Gasteiger partial charge in [0.1, 0.15) is 11.6 Å². The number of para-hydroxylation sites is 1. The standard InChI is InChI=1S/C15H17FNOP/c1-17(2)10-11-9-12(16)7-8-14(11)19-15-6-4-3-5-13(15)18/h3-9,18-19H,10H2,1-2H3. The molecule has 0 fully saturated rings. The minimum Gasteiger partial charge on any atom is -0.507 e. The smallest absolute Gasteiger partial charge is 0.123 e. The van der Waals surface area contributed by atoms with Crippen LogP contribution in [0, 0.1) is 5.82 Å². The Morgan fingerprint density at radius 2 is 1.84 bits per heavy atom. The van der Waals surface area contributed by atoms with Crippen LogP contribution in [-0.2, 0) is 6.54 Å². The van der Waals surface area contributed by atoms with E-state index in [-0.39, 0.29) is 5.82 Å². The van der Waals surface area contributed by atoms with E-state index in [1.807, 2.05) is 31.1 Å². The molecule has 0 radical (unpaired) electrons. The van der Waals surface area contributed by atoms with Crippen molar-refractivity contribution in [2.75, 3.05) is 14.1 Å². The highest BCUT2D eigenvalue weighted by atomic mass is 31.1. The summed E-state index contributed by atoms with van der Waals surface area (Å²) in [5, 5.41) is 11.8. The number of hydrogen-bond donors (Lipinski definition) is 1. The molecule has 1 unspecified atom stereocenters. The van der Waals surface area contributed by atoms with E-state index in [1.54, 1.807) is 24.3 Å². The third-order valence-electron chi connectivity index (χ3n) is 2.73. The SMILES string of the molecule is CN(C)Cc1cc(F)ccc1Pc1ccccc1O. The Morgan fingerprint density at radius 1 is 1.11 bits per heavy atom. The van der Waals surface area contributed by atoms with Gasteiger partial charge in [-0.1, -0.05) is 32.8 Å². The first-order chi connectivity index (χ1) is 9.06. The van der Waals surface area contributed by atoms with Crippen molar-refractivity contribution in [1.82, 2.24) is 4.90 Å². The van der Waals surface area contributed by atoms with Gasteiger partial charge in [0.25, 0.3) is 0 Å². The molecular weight excluding hydrogens is 260 g/mol. The molecule has 0 aliphatic heterocycles. The molecule has 2 rings (SSSR count). The van der Waals surface area contributed by atoms with E-state index in [0.717, 1.165) is 16.2 Å². The zero-order valence-corrected chi connectivity index (χ0v) is 12.0. The van der Waals surface area contributed by atoms with Crippen molar-refractivity contribution >= 4 is 19.2 Å². The van der Waals surface area contributed by atoms with Crippen LogP contribution in [0.1, 0.15) is 5.56 Å². The number of aromatic hydroxyl groups is 1. The van der Waals surface area contributed by atoms with Crippen molar-refractivity contribution in [3.8, 4) is 5.75 Å². The lowest BCUT2D eigenvalue weighted by atomic mass is 10.2. The van der Waals surface area contributed by atoms with E-state index in [9.17, 15) is 9.50 Å². The maximum atomic E-state index is 13.4. The molecule has 0 saturated carbocycles. The minimum atomic E-state index is -0.220. The van der Waals surface area contributed by atoms with Gasteiger partial charge in [0, 0.05) is 11.8 Å². The Bertz CT molecular complexity index is 572. The third kappa shape index (κ3) is 3.76. The van der Waals surface area contributed by atoms with Crippen molar-refractivity contribution in [1.29, 1.82) is 0 Å². The van der Waals surface area contributed by atoms with E-state index in [4.69, 9.17) is 0 Å². The fourth-order valence-electron chi connectivity index (χ4n) is 1.88. The van der Waals surface area contributed by atoms with E-state index < -0.39 is 0 Å². The van der Waals surface area contributed by atoms with Crippen molar-refractivity contribution in [2.45, 2.75) is 6.54 Å². The summed E-state index contributed by atoms with van der Waals surface area (Å²) in [6, 6.07) is 12.1. The highest BCUT2D eigenvalue weighted by molar-refractivity contribution is 7.55. The van der Waals surface area contributed by atoms with E-state index in [0.29, 0.717) is 20.9 Å². The second-order valence-electron chi connectivity index (χ2n) is 4.68. The minimum absolute atomic E-state index is 0.220. The fraction of sp³-hybridized carbons (Fsp3) is 0.200. The highest BCUT2D eigenvalue weighted by Crippen LogP contribution is 2.20. The molecule has 1 N–H and O–H groups in total. The zero-order valence-electron chi connectivity index (χ0n) is 11.0. The van der Waals surface area contributed by atoms with Crippen LogP contribution in [0.25, 0.3) is 0 Å². The molecule has 19 heavy (non-hydrogen) atoms. The number of phenols is 1. The van der Waals surface area contributed by atoms with Crippen LogP contribution in [0.4, 0.5) is 4.39 Å². The van der Waals surface area contributed by atoms with Crippen molar-refractivity contribution < 1.29 is 9.50 Å². The molecule has 0 aliphatic rings. The lowest BCUT2D eigenvalue weighted by molar-refractivity contribution is 0.402. The van der Waals surface area contributed by atoms with Gasteiger partial charge in [-0.25, -0.2) is 4.39 Å². The van der Waals surface area contributed by atoms with E-state index in [2.05, 4.69) is 0 Å². The second-order valence-corrected chi connectivity index (χ2v) is 6.01. The molecule has 0 aliphatic carbocycles. The predicted octanol–water partition coefficient (Wildman–Crippen LogP) is 2.22. The first kappa shape index (κ1) is 14.0. The number of hydrogen-bond acceptors (Lipinski definition) is 2. The lowest BCUT2D eigenvalue weighted by Crippen LogP contribution is -2.18. The maximum Gasteiger partial charge on any atom is 0.123 e. The summed E-state index contributed by atoms with van der Waals surface area (Å²) in [4.78, 5) is 2.01. The fourth-order valence-corrected chi connectivity index (χ4v) is 3.04. The van der Waals surface area contributed by atoms with Crippen LogP contribution >= 0.6 is 8.58 Å². The summed E-state index contributed by atoms with van der Waals surface area (Å²) in [6.07, 6.45) is 0. The molecular formula is C15H17FNOP. The van der Waals surface area contributed by atoms with Crippen LogP contribution in [0.5, 0.6) is 5.75 Å². The van der Waals surface area contributed by atoms with Crippen molar-refractivity contribution in [2.24, 2.45) is 0 Å². The average Bonchev–Trinajstić information content (AvgIpc) is 2.34. The van der Waals surface area contributed by atoms with Gasteiger partial charge in [-0.15, -0.1) is 0 Å². The van der Waals surface area contributed by atoms with Crippen molar-refractivity contribution in [3.63, 3.8) is 0 Å². The largest absolute Gasteiger partial charge is 0.507 e. The molecule has 1 atom stereocenters. The molecule has 2 nitrogen and oxygen atoms in total. The quantitative estimate of drug-likeness (QED) is 0.866. The van der Waals surface area contributed by atoms with Gasteiger partial charge in [0.15, 0.2) is 0 Å². The highest BCUT2D eigenvalue weighted by Gasteiger charge is 2.08. The van der Waals surface area contributed by atoms with E-state index in [1.165, 1.54) is 6.07 Å². The van der Waals surface area contributed by atoms with Gasteiger partial charge in [-0.05, 0) is 43.2 Å². The molecule has 0 bridgehead atoms. The molecule has 0 amide bonds. The van der Waals surface area contributed by atoms with Crippen LogP contribution in [0.15, 0.2) is 42.5 Å². The number of phenolic OH excluding ortho intramolecular Hbond substituents is 1. The van der Waals surface area contributed by atoms with Gasteiger partial charge in [0.05, 0.1) is 0 Å². The Morgan fingerprint density at radius 3 is 2.53 bits per heavy atom. The molecule has 4 heteroatoms. The molecule has 2 aromatic carbocycles. The molecule has 0 aromatic heterocycles. The molecule has 2 aromatic rings.